The fraction of sp³-hybridized carbons (Fsp3) is 0.364. The van der Waals surface area contributed by atoms with Crippen LogP contribution in [0.2, 0.25) is 0 Å². The van der Waals surface area contributed by atoms with Gasteiger partial charge in [-0.25, -0.2) is 0 Å². The Kier molecular flexibility index (Phi) is 3.16. The molecular weight excluding hydrogens is 210 g/mol. The molecule has 4 heteroatoms. The van der Waals surface area contributed by atoms with Crippen LogP contribution < -0.4 is 4.90 Å². The second-order valence-electron chi connectivity index (χ2n) is 3.34. The minimum absolute atomic E-state index is 0.213. The molecule has 0 saturated carbocycles. The molecule has 0 fully saturated rings. The maximum absolute atomic E-state index is 10.6. The molecule has 0 bridgehead atoms. The van der Waals surface area contributed by atoms with Crippen LogP contribution in [-0.4, -0.2) is 25.0 Å². The second kappa shape index (κ2) is 4.57. The molecule has 0 spiro atoms. The molecule has 0 radical (unpaired) electrons. The van der Waals surface area contributed by atoms with E-state index in [4.69, 9.17) is 4.74 Å². The van der Waals surface area contributed by atoms with Crippen LogP contribution in [0.3, 0.4) is 0 Å². The summed E-state index contributed by atoms with van der Waals surface area (Å²) in [7, 11) is 0. The van der Waals surface area contributed by atoms with Gasteiger partial charge in [0.05, 0.1) is 18.1 Å². The summed E-state index contributed by atoms with van der Waals surface area (Å²) in [6.07, 6.45) is 0. The Morgan fingerprint density at radius 1 is 1.53 bits per heavy atom. The number of fused-ring (bicyclic) bond motifs is 1. The van der Waals surface area contributed by atoms with Crippen molar-refractivity contribution in [2.75, 3.05) is 23.9 Å². The molecule has 1 aromatic rings. The third-order valence-electron chi connectivity index (χ3n) is 2.25. The first-order valence-corrected chi connectivity index (χ1v) is 5.86. The smallest absolute Gasteiger partial charge is 0.302 e. The Morgan fingerprint density at radius 3 is 3.13 bits per heavy atom. The standard InChI is InChI=1S/C11H13NO2S/c1-9(13)14-7-6-12-8-15-11-5-3-2-4-10(11)12/h2-5H,6-8H2,1H3. The summed E-state index contributed by atoms with van der Waals surface area (Å²) in [4.78, 5) is 14.1. The zero-order valence-electron chi connectivity index (χ0n) is 8.60. The molecular formula is C11H13NO2S. The molecule has 1 aliphatic rings. The normalized spacial score (nSPS) is 13.8. The highest BCUT2D eigenvalue weighted by Gasteiger charge is 2.18. The van der Waals surface area contributed by atoms with Crippen LogP contribution in [0.1, 0.15) is 6.92 Å². The van der Waals surface area contributed by atoms with Crippen molar-refractivity contribution in [3.63, 3.8) is 0 Å². The van der Waals surface area contributed by atoms with E-state index in [0.29, 0.717) is 6.61 Å². The number of hydrogen-bond donors (Lipinski definition) is 0. The van der Waals surface area contributed by atoms with Gasteiger partial charge in [0.25, 0.3) is 0 Å². The fourth-order valence-electron chi connectivity index (χ4n) is 1.54. The lowest BCUT2D eigenvalue weighted by molar-refractivity contribution is -0.140. The van der Waals surface area contributed by atoms with E-state index in [2.05, 4.69) is 17.0 Å². The van der Waals surface area contributed by atoms with E-state index < -0.39 is 0 Å². The maximum atomic E-state index is 10.6. The molecule has 0 amide bonds. The summed E-state index contributed by atoms with van der Waals surface area (Å²) in [5, 5.41) is 0. The van der Waals surface area contributed by atoms with Gasteiger partial charge in [0.1, 0.15) is 6.61 Å². The van der Waals surface area contributed by atoms with Crippen molar-refractivity contribution in [2.24, 2.45) is 0 Å². The van der Waals surface area contributed by atoms with Crippen LogP contribution in [0.15, 0.2) is 29.2 Å². The Morgan fingerprint density at radius 2 is 2.33 bits per heavy atom. The number of benzene rings is 1. The predicted octanol–water partition coefficient (Wildman–Crippen LogP) is 2.12. The number of ether oxygens (including phenoxy) is 1. The van der Waals surface area contributed by atoms with Gasteiger partial charge in [-0.3, -0.25) is 4.79 Å². The van der Waals surface area contributed by atoms with Gasteiger partial charge in [-0.1, -0.05) is 12.1 Å². The average Bonchev–Trinajstić information content (AvgIpc) is 2.62. The zero-order chi connectivity index (χ0) is 10.7. The van der Waals surface area contributed by atoms with E-state index in [1.54, 1.807) is 0 Å². The van der Waals surface area contributed by atoms with Gasteiger partial charge in [0, 0.05) is 11.8 Å². The first-order valence-electron chi connectivity index (χ1n) is 4.87. The molecule has 1 aromatic carbocycles. The van der Waals surface area contributed by atoms with Crippen molar-refractivity contribution in [3.8, 4) is 0 Å². The largest absolute Gasteiger partial charge is 0.464 e. The van der Waals surface area contributed by atoms with E-state index in [1.807, 2.05) is 23.9 Å². The van der Waals surface area contributed by atoms with Crippen molar-refractivity contribution in [3.05, 3.63) is 24.3 Å². The van der Waals surface area contributed by atoms with Gasteiger partial charge < -0.3 is 9.64 Å². The number of carbonyl (C=O) groups excluding carboxylic acids is 1. The van der Waals surface area contributed by atoms with Crippen molar-refractivity contribution >= 4 is 23.4 Å². The third kappa shape index (κ3) is 2.45. The number of carbonyl (C=O) groups is 1. The monoisotopic (exact) mass is 223 g/mol. The third-order valence-corrected chi connectivity index (χ3v) is 3.35. The molecule has 3 nitrogen and oxygen atoms in total. The SMILES string of the molecule is CC(=O)OCCN1CSc2ccccc21. The Hall–Kier alpha value is -1.16. The predicted molar refractivity (Wildman–Crippen MR) is 61.1 cm³/mol. The van der Waals surface area contributed by atoms with Crippen molar-refractivity contribution in [1.82, 2.24) is 0 Å². The summed E-state index contributed by atoms with van der Waals surface area (Å²) in [6.45, 7) is 2.67. The number of rotatable bonds is 3. The molecule has 0 aromatic heterocycles. The highest BCUT2D eigenvalue weighted by atomic mass is 32.2. The Balaban J connectivity index is 1.93. The molecule has 0 unspecified atom stereocenters. The fourth-order valence-corrected chi connectivity index (χ4v) is 2.62. The lowest BCUT2D eigenvalue weighted by atomic mass is 10.3. The number of anilines is 1. The van der Waals surface area contributed by atoms with Crippen LogP contribution in [-0.2, 0) is 9.53 Å². The highest BCUT2D eigenvalue weighted by molar-refractivity contribution is 7.99. The summed E-state index contributed by atoms with van der Waals surface area (Å²) in [6, 6.07) is 8.29. The lowest BCUT2D eigenvalue weighted by Gasteiger charge is -2.17. The summed E-state index contributed by atoms with van der Waals surface area (Å²) in [5.41, 5.74) is 1.25. The number of thioether (sulfide) groups is 1. The van der Waals surface area contributed by atoms with E-state index in [9.17, 15) is 4.79 Å². The van der Waals surface area contributed by atoms with Gasteiger partial charge in [0.15, 0.2) is 0 Å². The van der Waals surface area contributed by atoms with Gasteiger partial charge in [-0.05, 0) is 12.1 Å². The summed E-state index contributed by atoms with van der Waals surface area (Å²) < 4.78 is 4.93. The van der Waals surface area contributed by atoms with E-state index in [-0.39, 0.29) is 5.97 Å². The van der Waals surface area contributed by atoms with E-state index in [1.165, 1.54) is 17.5 Å². The molecule has 80 valence electrons. The van der Waals surface area contributed by atoms with Crippen molar-refractivity contribution in [2.45, 2.75) is 11.8 Å². The van der Waals surface area contributed by atoms with Gasteiger partial charge in [-0.2, -0.15) is 0 Å². The lowest BCUT2D eigenvalue weighted by Crippen LogP contribution is -2.24. The first-order chi connectivity index (χ1) is 7.27. The first kappa shape index (κ1) is 10.4. The molecule has 2 rings (SSSR count). The topological polar surface area (TPSA) is 29.5 Å². The van der Waals surface area contributed by atoms with Gasteiger partial charge in [-0.15, -0.1) is 11.8 Å². The maximum Gasteiger partial charge on any atom is 0.302 e. The number of nitrogens with zero attached hydrogens (tertiary/aromatic N) is 1. The zero-order valence-corrected chi connectivity index (χ0v) is 9.42. The Bertz CT molecular complexity index is 367. The number of esters is 1. The molecule has 15 heavy (non-hydrogen) atoms. The molecule has 0 saturated heterocycles. The minimum atomic E-state index is -0.213. The molecule has 1 aliphatic heterocycles. The van der Waals surface area contributed by atoms with Crippen LogP contribution >= 0.6 is 11.8 Å². The van der Waals surface area contributed by atoms with Gasteiger partial charge in [0.2, 0.25) is 0 Å². The molecule has 0 atom stereocenters. The molecule has 0 N–H and O–H groups in total. The van der Waals surface area contributed by atoms with Crippen LogP contribution in [0.25, 0.3) is 0 Å². The van der Waals surface area contributed by atoms with E-state index >= 15 is 0 Å². The minimum Gasteiger partial charge on any atom is -0.464 e. The number of hydrogen-bond acceptors (Lipinski definition) is 4. The second-order valence-corrected chi connectivity index (χ2v) is 4.33. The van der Waals surface area contributed by atoms with Crippen molar-refractivity contribution < 1.29 is 9.53 Å². The van der Waals surface area contributed by atoms with Crippen LogP contribution in [0.5, 0.6) is 0 Å². The summed E-state index contributed by atoms with van der Waals surface area (Å²) >= 11 is 1.82. The van der Waals surface area contributed by atoms with E-state index in [0.717, 1.165) is 12.4 Å². The van der Waals surface area contributed by atoms with Crippen LogP contribution in [0, 0.1) is 0 Å². The van der Waals surface area contributed by atoms with Gasteiger partial charge >= 0.3 is 5.97 Å². The Labute approximate surface area is 93.4 Å². The highest BCUT2D eigenvalue weighted by Crippen LogP contribution is 2.37. The summed E-state index contributed by atoms with van der Waals surface area (Å²) in [5.74, 6) is 0.732. The average molecular weight is 223 g/mol. The number of para-hydroxylation sites is 1. The molecule has 0 aliphatic carbocycles. The molecule has 1 heterocycles. The quantitative estimate of drug-likeness (QED) is 0.734. The van der Waals surface area contributed by atoms with Crippen molar-refractivity contribution in [1.29, 1.82) is 0 Å². The van der Waals surface area contributed by atoms with Crippen LogP contribution in [0.4, 0.5) is 5.69 Å².